The lowest BCUT2D eigenvalue weighted by atomic mass is 10.0. The number of carbonyl (C=O) groups is 1. The first-order chi connectivity index (χ1) is 14.4. The maximum atomic E-state index is 12.2. The smallest absolute Gasteiger partial charge is 0.415 e. The second-order valence-corrected chi connectivity index (χ2v) is 7.76. The van der Waals surface area contributed by atoms with Crippen molar-refractivity contribution in [2.45, 2.75) is 32.9 Å². The fourth-order valence-electron chi connectivity index (χ4n) is 3.12. The largest absolute Gasteiger partial charge is 0.447 e. The number of nitrogens with zero attached hydrogens (tertiary/aromatic N) is 5. The highest BCUT2D eigenvalue weighted by molar-refractivity contribution is 6.30. The van der Waals surface area contributed by atoms with Crippen LogP contribution in [0.5, 0.6) is 0 Å². The Morgan fingerprint density at radius 1 is 1.17 bits per heavy atom. The van der Waals surface area contributed by atoms with Gasteiger partial charge in [-0.2, -0.15) is 9.97 Å². The van der Waals surface area contributed by atoms with Crippen LogP contribution in [0.1, 0.15) is 32.6 Å². The Labute approximate surface area is 178 Å². The summed E-state index contributed by atoms with van der Waals surface area (Å²) in [7, 11) is 0. The highest BCUT2D eigenvalue weighted by Crippen LogP contribution is 2.27. The molecule has 2 aromatic heterocycles. The highest BCUT2D eigenvalue weighted by atomic mass is 35.5. The molecule has 0 spiro atoms. The molecule has 1 saturated heterocycles. The zero-order valence-corrected chi connectivity index (χ0v) is 17.5. The van der Waals surface area contributed by atoms with E-state index < -0.39 is 6.09 Å². The summed E-state index contributed by atoms with van der Waals surface area (Å²) in [6.07, 6.45) is 1.19. The number of hydrogen-bond acceptors (Lipinski definition) is 8. The van der Waals surface area contributed by atoms with E-state index in [1.54, 1.807) is 29.3 Å². The zero-order valence-electron chi connectivity index (χ0n) is 16.7. The van der Waals surface area contributed by atoms with E-state index in [1.165, 1.54) is 0 Å². The van der Waals surface area contributed by atoms with Crippen LogP contribution in [0.25, 0.3) is 11.5 Å². The standard InChI is InChI=1S/C20H21ClN6O3/c1-11(2)15-10-29-20(28)27(15)16-8-9-22-19(24-16)23-12(3)17-25-18(30-26-17)13-4-6-14(21)7-5-13/h4-9,11-12,15H,10H2,1-3H3,(H,22,23,24)/t12-,15-/m1/s1. The van der Waals surface area contributed by atoms with Crippen molar-refractivity contribution in [3.63, 3.8) is 0 Å². The van der Waals surface area contributed by atoms with Gasteiger partial charge in [-0.05, 0) is 43.2 Å². The summed E-state index contributed by atoms with van der Waals surface area (Å²) in [6.45, 7) is 6.29. The van der Waals surface area contributed by atoms with Crippen molar-refractivity contribution in [2.24, 2.45) is 5.92 Å². The van der Waals surface area contributed by atoms with E-state index in [-0.39, 0.29) is 18.0 Å². The van der Waals surface area contributed by atoms with Crippen LogP contribution in [0.3, 0.4) is 0 Å². The Kier molecular flexibility index (Phi) is 5.54. The summed E-state index contributed by atoms with van der Waals surface area (Å²) in [5.41, 5.74) is 0.774. The quantitative estimate of drug-likeness (QED) is 0.618. The van der Waals surface area contributed by atoms with Gasteiger partial charge in [-0.3, -0.25) is 4.90 Å². The van der Waals surface area contributed by atoms with Gasteiger partial charge in [-0.1, -0.05) is 30.6 Å². The minimum Gasteiger partial charge on any atom is -0.447 e. The number of hydrogen-bond donors (Lipinski definition) is 1. The number of anilines is 2. The molecule has 0 saturated carbocycles. The number of halogens is 1. The zero-order chi connectivity index (χ0) is 21.3. The second kappa shape index (κ2) is 8.27. The van der Waals surface area contributed by atoms with E-state index >= 15 is 0 Å². The molecule has 9 nitrogen and oxygen atoms in total. The van der Waals surface area contributed by atoms with Crippen LogP contribution in [0.15, 0.2) is 41.1 Å². The summed E-state index contributed by atoms with van der Waals surface area (Å²) >= 11 is 5.92. The Morgan fingerprint density at radius 2 is 1.93 bits per heavy atom. The summed E-state index contributed by atoms with van der Waals surface area (Å²) in [5.74, 6) is 1.91. The van der Waals surface area contributed by atoms with Crippen molar-refractivity contribution in [3.05, 3.63) is 47.4 Å². The van der Waals surface area contributed by atoms with Gasteiger partial charge in [0.25, 0.3) is 5.89 Å². The average Bonchev–Trinajstić information content (AvgIpc) is 3.36. The Morgan fingerprint density at radius 3 is 2.67 bits per heavy atom. The molecule has 0 bridgehead atoms. The third-order valence-corrected chi connectivity index (χ3v) is 5.08. The Hall–Kier alpha value is -3.20. The number of cyclic esters (lactones) is 1. The van der Waals surface area contributed by atoms with Crippen LogP contribution in [-0.2, 0) is 4.74 Å². The normalized spacial score (nSPS) is 17.3. The van der Waals surface area contributed by atoms with Gasteiger partial charge in [-0.15, -0.1) is 0 Å². The molecular formula is C20H21ClN6O3. The maximum absolute atomic E-state index is 12.2. The molecule has 1 aliphatic rings. The fourth-order valence-corrected chi connectivity index (χ4v) is 3.25. The van der Waals surface area contributed by atoms with Crippen molar-refractivity contribution < 1.29 is 14.1 Å². The van der Waals surface area contributed by atoms with Crippen LogP contribution in [0.4, 0.5) is 16.6 Å². The summed E-state index contributed by atoms with van der Waals surface area (Å²) < 4.78 is 10.6. The second-order valence-electron chi connectivity index (χ2n) is 7.33. The van der Waals surface area contributed by atoms with E-state index in [2.05, 4.69) is 25.4 Å². The predicted molar refractivity (Wildman–Crippen MR) is 111 cm³/mol. The number of aromatic nitrogens is 4. The van der Waals surface area contributed by atoms with Gasteiger partial charge in [0.2, 0.25) is 5.95 Å². The van der Waals surface area contributed by atoms with Crippen LogP contribution in [0, 0.1) is 5.92 Å². The lowest BCUT2D eigenvalue weighted by Crippen LogP contribution is -2.37. The van der Waals surface area contributed by atoms with Crippen LogP contribution >= 0.6 is 11.6 Å². The van der Waals surface area contributed by atoms with Crippen molar-refractivity contribution in [2.75, 3.05) is 16.8 Å². The Balaban J connectivity index is 1.50. The van der Waals surface area contributed by atoms with E-state index in [9.17, 15) is 4.79 Å². The Bertz CT molecular complexity index is 1040. The van der Waals surface area contributed by atoms with E-state index in [1.807, 2.05) is 32.9 Å². The van der Waals surface area contributed by atoms with Gasteiger partial charge in [-0.25, -0.2) is 9.78 Å². The van der Waals surface area contributed by atoms with Gasteiger partial charge in [0.05, 0.1) is 12.1 Å². The molecule has 1 N–H and O–H groups in total. The van der Waals surface area contributed by atoms with Crippen LogP contribution in [0.2, 0.25) is 5.02 Å². The number of carbonyl (C=O) groups excluding carboxylic acids is 1. The first kappa shape index (κ1) is 20.1. The van der Waals surface area contributed by atoms with Gasteiger partial charge < -0.3 is 14.6 Å². The maximum Gasteiger partial charge on any atom is 0.415 e. The predicted octanol–water partition coefficient (Wildman–Crippen LogP) is 4.33. The number of amides is 1. The lowest BCUT2D eigenvalue weighted by Gasteiger charge is -2.23. The summed E-state index contributed by atoms with van der Waals surface area (Å²) in [5, 5.41) is 7.82. The molecule has 30 heavy (non-hydrogen) atoms. The van der Waals surface area contributed by atoms with E-state index in [4.69, 9.17) is 20.9 Å². The topological polar surface area (TPSA) is 106 Å². The third kappa shape index (κ3) is 4.06. The summed E-state index contributed by atoms with van der Waals surface area (Å²) in [6, 6.07) is 8.43. The molecule has 3 aromatic rings. The fraction of sp³-hybridized carbons (Fsp3) is 0.350. The molecule has 0 aliphatic carbocycles. The number of nitrogens with one attached hydrogen (secondary N) is 1. The lowest BCUT2D eigenvalue weighted by molar-refractivity contribution is 0.177. The molecule has 1 fully saturated rings. The molecule has 156 valence electrons. The molecule has 4 rings (SSSR count). The summed E-state index contributed by atoms with van der Waals surface area (Å²) in [4.78, 5) is 26.9. The highest BCUT2D eigenvalue weighted by Gasteiger charge is 2.37. The van der Waals surface area contributed by atoms with Crippen LogP contribution < -0.4 is 10.2 Å². The molecule has 1 amide bonds. The van der Waals surface area contributed by atoms with Crippen molar-refractivity contribution in [3.8, 4) is 11.5 Å². The van der Waals surface area contributed by atoms with Gasteiger partial charge in [0, 0.05) is 16.8 Å². The average molecular weight is 429 g/mol. The van der Waals surface area contributed by atoms with E-state index in [0.717, 1.165) is 5.56 Å². The van der Waals surface area contributed by atoms with Crippen LogP contribution in [-0.4, -0.2) is 38.9 Å². The monoisotopic (exact) mass is 428 g/mol. The number of rotatable bonds is 6. The molecule has 0 unspecified atom stereocenters. The first-order valence-corrected chi connectivity index (χ1v) is 9.95. The molecule has 1 aliphatic heterocycles. The number of ether oxygens (including phenoxy) is 1. The van der Waals surface area contributed by atoms with Gasteiger partial charge >= 0.3 is 6.09 Å². The van der Waals surface area contributed by atoms with Gasteiger partial charge in [0.15, 0.2) is 5.82 Å². The third-order valence-electron chi connectivity index (χ3n) is 4.83. The molecule has 2 atom stereocenters. The molecule has 0 radical (unpaired) electrons. The number of benzene rings is 1. The van der Waals surface area contributed by atoms with Gasteiger partial charge in [0.1, 0.15) is 12.4 Å². The van der Waals surface area contributed by atoms with Crippen molar-refractivity contribution in [1.82, 2.24) is 20.1 Å². The van der Waals surface area contributed by atoms with Crippen molar-refractivity contribution in [1.29, 1.82) is 0 Å². The molecule has 3 heterocycles. The van der Waals surface area contributed by atoms with Crippen molar-refractivity contribution >= 4 is 29.5 Å². The minimum atomic E-state index is -0.405. The molecule has 1 aromatic carbocycles. The van der Waals surface area contributed by atoms with E-state index in [0.29, 0.717) is 35.1 Å². The molecule has 10 heteroatoms. The molecular weight excluding hydrogens is 408 g/mol. The SMILES string of the molecule is CC(C)[C@H]1COC(=O)N1c1ccnc(N[C@H](C)c2noc(-c3ccc(Cl)cc3)n2)n1. The minimum absolute atomic E-state index is 0.0724. The first-order valence-electron chi connectivity index (χ1n) is 9.57.